The summed E-state index contributed by atoms with van der Waals surface area (Å²) in [6.45, 7) is 4.13. The summed E-state index contributed by atoms with van der Waals surface area (Å²) in [5.41, 5.74) is 3.84. The first kappa shape index (κ1) is 14.2. The lowest BCUT2D eigenvalue weighted by Crippen LogP contribution is -1.92. The lowest BCUT2D eigenvalue weighted by atomic mass is 9.90. The van der Waals surface area contributed by atoms with Gasteiger partial charge in [-0.15, -0.1) is 0 Å². The Hall–Kier alpha value is -2.22. The molecule has 0 amide bonds. The third-order valence-electron chi connectivity index (χ3n) is 3.53. The Morgan fingerprint density at radius 2 is 1.05 bits per heavy atom. The van der Waals surface area contributed by atoms with Crippen LogP contribution in [0.3, 0.4) is 0 Å². The van der Waals surface area contributed by atoms with Gasteiger partial charge in [0, 0.05) is 11.1 Å². The first-order valence-electron chi connectivity index (χ1n) is 6.97. The molecular formula is C18H20O2. The normalized spacial score (nSPS) is 12.1. The summed E-state index contributed by atoms with van der Waals surface area (Å²) >= 11 is 0. The van der Waals surface area contributed by atoms with Gasteiger partial charge in [0.05, 0.1) is 0 Å². The average Bonchev–Trinajstić information content (AvgIpc) is 2.47. The van der Waals surface area contributed by atoms with Crippen LogP contribution < -0.4 is 0 Å². The van der Waals surface area contributed by atoms with Crippen molar-refractivity contribution in [3.05, 3.63) is 59.7 Å². The van der Waals surface area contributed by atoms with Crippen molar-refractivity contribution in [2.24, 2.45) is 0 Å². The van der Waals surface area contributed by atoms with Crippen molar-refractivity contribution in [1.29, 1.82) is 0 Å². The van der Waals surface area contributed by atoms with E-state index in [1.165, 1.54) is 0 Å². The van der Waals surface area contributed by atoms with Crippen molar-refractivity contribution in [2.45, 2.75) is 26.7 Å². The van der Waals surface area contributed by atoms with Gasteiger partial charge in [-0.1, -0.05) is 50.2 Å². The van der Waals surface area contributed by atoms with Crippen LogP contribution in [-0.2, 0) is 0 Å². The molecule has 0 aromatic heterocycles. The zero-order chi connectivity index (χ0) is 14.5. The fourth-order valence-corrected chi connectivity index (χ4v) is 2.59. The van der Waals surface area contributed by atoms with Crippen LogP contribution in [0.1, 0.15) is 37.8 Å². The van der Waals surface area contributed by atoms with Gasteiger partial charge in [-0.05, 0) is 36.1 Å². The van der Waals surface area contributed by atoms with Crippen molar-refractivity contribution in [2.75, 3.05) is 0 Å². The molecular weight excluding hydrogens is 248 g/mol. The number of benzene rings is 2. The molecule has 0 atom stereocenters. The van der Waals surface area contributed by atoms with Gasteiger partial charge in [-0.25, -0.2) is 0 Å². The van der Waals surface area contributed by atoms with E-state index in [1.807, 2.05) is 36.4 Å². The molecule has 0 radical (unpaired) electrons. The Morgan fingerprint density at radius 1 is 0.700 bits per heavy atom. The largest absolute Gasteiger partial charge is 0.507 e. The van der Waals surface area contributed by atoms with Crippen molar-refractivity contribution in [3.8, 4) is 11.5 Å². The summed E-state index contributed by atoms with van der Waals surface area (Å²) < 4.78 is 0. The SMILES string of the molecule is CCC(=C(CC)c1ccccc1O)c1ccccc1O. The van der Waals surface area contributed by atoms with Crippen LogP contribution in [0, 0.1) is 0 Å². The van der Waals surface area contributed by atoms with Gasteiger partial charge in [0.1, 0.15) is 11.5 Å². The summed E-state index contributed by atoms with van der Waals surface area (Å²) in [6.07, 6.45) is 1.60. The summed E-state index contributed by atoms with van der Waals surface area (Å²) in [5, 5.41) is 20.2. The van der Waals surface area contributed by atoms with Crippen LogP contribution in [0.2, 0.25) is 0 Å². The molecule has 2 rings (SSSR count). The molecule has 0 aliphatic carbocycles. The molecule has 20 heavy (non-hydrogen) atoms. The summed E-state index contributed by atoms with van der Waals surface area (Å²) in [5.74, 6) is 0.566. The third-order valence-corrected chi connectivity index (χ3v) is 3.53. The Balaban J connectivity index is 2.66. The molecule has 0 aliphatic heterocycles. The maximum atomic E-state index is 10.1. The number of aromatic hydroxyl groups is 2. The monoisotopic (exact) mass is 268 g/mol. The van der Waals surface area contributed by atoms with Gasteiger partial charge in [-0.3, -0.25) is 0 Å². The van der Waals surface area contributed by atoms with Gasteiger partial charge < -0.3 is 10.2 Å². The number of hydrogen-bond donors (Lipinski definition) is 2. The summed E-state index contributed by atoms with van der Waals surface area (Å²) in [6, 6.07) is 14.7. The fraction of sp³-hybridized carbons (Fsp3) is 0.222. The molecule has 0 bridgehead atoms. The molecule has 0 spiro atoms. The first-order chi connectivity index (χ1) is 9.69. The lowest BCUT2D eigenvalue weighted by Gasteiger charge is -2.16. The van der Waals surface area contributed by atoms with Crippen LogP contribution in [-0.4, -0.2) is 10.2 Å². The summed E-state index contributed by atoms with van der Waals surface area (Å²) in [7, 11) is 0. The van der Waals surface area contributed by atoms with Crippen molar-refractivity contribution in [1.82, 2.24) is 0 Å². The van der Waals surface area contributed by atoms with Gasteiger partial charge in [0.15, 0.2) is 0 Å². The van der Waals surface area contributed by atoms with Crippen LogP contribution in [0.15, 0.2) is 48.5 Å². The van der Waals surface area contributed by atoms with E-state index in [0.717, 1.165) is 35.1 Å². The molecule has 2 N–H and O–H groups in total. The van der Waals surface area contributed by atoms with E-state index in [2.05, 4.69) is 13.8 Å². The van der Waals surface area contributed by atoms with Gasteiger partial charge >= 0.3 is 0 Å². The summed E-state index contributed by atoms with van der Waals surface area (Å²) in [4.78, 5) is 0. The van der Waals surface area contributed by atoms with E-state index in [0.29, 0.717) is 0 Å². The van der Waals surface area contributed by atoms with E-state index in [4.69, 9.17) is 0 Å². The number of phenolic OH excluding ortho intramolecular Hbond substituents is 2. The van der Waals surface area contributed by atoms with Crippen molar-refractivity contribution >= 4 is 11.1 Å². The highest BCUT2D eigenvalue weighted by atomic mass is 16.3. The minimum atomic E-state index is 0.283. The van der Waals surface area contributed by atoms with E-state index in [-0.39, 0.29) is 11.5 Å². The molecule has 0 aliphatic rings. The number of para-hydroxylation sites is 2. The van der Waals surface area contributed by atoms with Gasteiger partial charge in [-0.2, -0.15) is 0 Å². The number of allylic oxidation sites excluding steroid dienone is 2. The molecule has 104 valence electrons. The fourth-order valence-electron chi connectivity index (χ4n) is 2.59. The Kier molecular flexibility index (Phi) is 4.46. The first-order valence-corrected chi connectivity index (χ1v) is 6.97. The zero-order valence-corrected chi connectivity index (χ0v) is 11.9. The van der Waals surface area contributed by atoms with Crippen molar-refractivity contribution in [3.63, 3.8) is 0 Å². The Labute approximate surface area is 120 Å². The highest BCUT2D eigenvalue weighted by Gasteiger charge is 2.13. The smallest absolute Gasteiger partial charge is 0.123 e. The van der Waals surface area contributed by atoms with E-state index < -0.39 is 0 Å². The number of hydrogen-bond acceptors (Lipinski definition) is 2. The molecule has 0 saturated heterocycles. The Bertz CT molecular complexity index is 571. The quantitative estimate of drug-likeness (QED) is 0.780. The van der Waals surface area contributed by atoms with E-state index in [1.54, 1.807) is 12.1 Å². The molecule has 2 aromatic carbocycles. The van der Waals surface area contributed by atoms with Crippen LogP contribution >= 0.6 is 0 Å². The average molecular weight is 268 g/mol. The van der Waals surface area contributed by atoms with Gasteiger partial charge in [0.25, 0.3) is 0 Å². The van der Waals surface area contributed by atoms with Crippen LogP contribution in [0.25, 0.3) is 11.1 Å². The van der Waals surface area contributed by atoms with E-state index in [9.17, 15) is 10.2 Å². The second-order valence-corrected chi connectivity index (χ2v) is 4.70. The number of rotatable bonds is 4. The second kappa shape index (κ2) is 6.29. The Morgan fingerprint density at radius 3 is 1.35 bits per heavy atom. The van der Waals surface area contributed by atoms with Crippen molar-refractivity contribution < 1.29 is 10.2 Å². The minimum absolute atomic E-state index is 0.283. The zero-order valence-electron chi connectivity index (χ0n) is 11.9. The lowest BCUT2D eigenvalue weighted by molar-refractivity contribution is 0.472. The highest BCUT2D eigenvalue weighted by molar-refractivity contribution is 5.93. The molecule has 0 heterocycles. The van der Waals surface area contributed by atoms with Gasteiger partial charge in [0.2, 0.25) is 0 Å². The third kappa shape index (κ3) is 2.69. The van der Waals surface area contributed by atoms with Crippen LogP contribution in [0.4, 0.5) is 0 Å². The minimum Gasteiger partial charge on any atom is -0.507 e. The van der Waals surface area contributed by atoms with E-state index >= 15 is 0 Å². The standard InChI is InChI=1S/C18H20O2/c1-3-13(15-9-5-7-11-17(15)19)14(4-2)16-10-6-8-12-18(16)20/h5-12,19-20H,3-4H2,1-2H3. The molecule has 0 unspecified atom stereocenters. The second-order valence-electron chi connectivity index (χ2n) is 4.70. The number of phenols is 2. The maximum absolute atomic E-state index is 10.1. The molecule has 2 nitrogen and oxygen atoms in total. The molecule has 0 saturated carbocycles. The highest BCUT2D eigenvalue weighted by Crippen LogP contribution is 2.37. The predicted octanol–water partition coefficient (Wildman–Crippen LogP) is 4.83. The molecule has 0 fully saturated rings. The maximum Gasteiger partial charge on any atom is 0.123 e. The molecule has 2 aromatic rings. The van der Waals surface area contributed by atoms with Crippen LogP contribution in [0.5, 0.6) is 11.5 Å². The molecule has 2 heteroatoms. The predicted molar refractivity (Wildman–Crippen MR) is 83.6 cm³/mol. The topological polar surface area (TPSA) is 40.5 Å².